The second kappa shape index (κ2) is 24.5. The van der Waals surface area contributed by atoms with Gasteiger partial charge in [-0.05, 0) is 108 Å². The zero-order valence-corrected chi connectivity index (χ0v) is 39.1. The summed E-state index contributed by atoms with van der Waals surface area (Å²) in [4.78, 5) is 58.5. The van der Waals surface area contributed by atoms with Gasteiger partial charge in [-0.15, -0.1) is 0 Å². The number of rotatable bonds is 11. The lowest BCUT2D eigenvalue weighted by atomic mass is 9.81. The number of methoxy groups -OCH3 is 3. The number of hydrogen-bond donors (Lipinski definition) is 3. The number of piperidine rings is 1. The quantitative estimate of drug-likeness (QED) is 0.0880. The van der Waals surface area contributed by atoms with E-state index in [9.17, 15) is 34.5 Å². The van der Waals surface area contributed by atoms with Crippen LogP contribution in [0.15, 0.2) is 35.5 Å². The van der Waals surface area contributed by atoms with Gasteiger partial charge in [-0.3, -0.25) is 14.4 Å². The largest absolute Gasteiger partial charge is 0.456 e. The van der Waals surface area contributed by atoms with Crippen LogP contribution < -0.4 is 0 Å². The number of allylic oxidation sites excluding steroid dienone is 5. The van der Waals surface area contributed by atoms with Gasteiger partial charge in [0.15, 0.2) is 0 Å². The van der Waals surface area contributed by atoms with E-state index in [1.807, 2.05) is 26.0 Å². The van der Waals surface area contributed by atoms with Crippen LogP contribution in [0, 0.1) is 29.6 Å². The Kier molecular flexibility index (Phi) is 20.5. The Bertz CT molecular complexity index is 1580. The molecular weight excluding hydrogens is 795 g/mol. The van der Waals surface area contributed by atoms with E-state index in [2.05, 4.69) is 26.0 Å². The Labute approximate surface area is 371 Å². The van der Waals surface area contributed by atoms with Crippen molar-refractivity contribution in [2.24, 2.45) is 29.6 Å². The molecular formula is C49H79NO12. The topological polar surface area (TPSA) is 178 Å². The van der Waals surface area contributed by atoms with Gasteiger partial charge < -0.3 is 43.9 Å². The van der Waals surface area contributed by atoms with Gasteiger partial charge >= 0.3 is 5.97 Å². The van der Waals surface area contributed by atoms with Crippen LogP contribution in [0.25, 0.3) is 0 Å². The van der Waals surface area contributed by atoms with Crippen molar-refractivity contribution in [3.63, 3.8) is 0 Å². The van der Waals surface area contributed by atoms with Gasteiger partial charge in [-0.1, -0.05) is 70.4 Å². The molecule has 0 aromatic carbocycles. The van der Waals surface area contributed by atoms with Gasteiger partial charge in [0.2, 0.25) is 5.79 Å². The fraction of sp³-hybridized carbons (Fsp3) is 0.796. The second-order valence-electron chi connectivity index (χ2n) is 19.0. The van der Waals surface area contributed by atoms with Gasteiger partial charge in [0, 0.05) is 52.0 Å². The number of carbonyl (C=O) groups is 4. The average molecular weight is 874 g/mol. The first-order valence-corrected chi connectivity index (χ1v) is 23.4. The monoisotopic (exact) mass is 874 g/mol. The van der Waals surface area contributed by atoms with Crippen LogP contribution in [0.1, 0.15) is 138 Å². The summed E-state index contributed by atoms with van der Waals surface area (Å²) in [6.45, 7) is 11.5. The smallest absolute Gasteiger partial charge is 0.329 e. The molecule has 3 aliphatic heterocycles. The van der Waals surface area contributed by atoms with Crippen LogP contribution in [-0.4, -0.2) is 126 Å². The Hall–Kier alpha value is -2.78. The summed E-state index contributed by atoms with van der Waals surface area (Å²) >= 11 is 0. The third-order valence-corrected chi connectivity index (χ3v) is 14.0. The maximum absolute atomic E-state index is 14.4. The molecule has 2 bridgehead atoms. The number of hydrogen-bond acceptors (Lipinski definition) is 12. The van der Waals surface area contributed by atoms with Crippen molar-refractivity contribution in [1.29, 1.82) is 0 Å². The summed E-state index contributed by atoms with van der Waals surface area (Å²) in [5.74, 6) is -7.64. The number of ketones is 2. The molecule has 1 saturated carbocycles. The Morgan fingerprint density at radius 3 is 2.26 bits per heavy atom. The van der Waals surface area contributed by atoms with Crippen LogP contribution in [0.2, 0.25) is 0 Å². The lowest BCUT2D eigenvalue weighted by molar-refractivity contribution is -0.302. The average Bonchev–Trinajstić information content (AvgIpc) is 3.25. The van der Waals surface area contributed by atoms with Gasteiger partial charge in [0.1, 0.15) is 24.0 Å². The molecule has 352 valence electrons. The standard InChI is InChI=1S/C49H79NO12/c1-10-11-12-13-14-15-18-36-24-30(2)23-31(3)25-42(59-8)45-43(60-9)27-33(5)49(57,62-45)46(54)47(55)50-22-17-16-19-37(50)48(56)61-44(34(6)39(52)29-40(36)53)32(4)26-35-20-21-38(51)41(28-35)58-7/h14-15,24,26,31,33-39,41-45,51-52,57H,10-13,16-23,25,27-29H2,1-9H3/b15-14-,30-24+,32-26+/t31-,33+,34+,35-,36+,37-,38+,39-,41+,42-,43-,44+,45+,49+/m0/s1. The number of carbonyl (C=O) groups excluding carboxylic acids is 4. The molecule has 0 radical (unpaired) electrons. The molecule has 3 heterocycles. The second-order valence-corrected chi connectivity index (χ2v) is 19.0. The molecule has 1 aliphatic carbocycles. The molecule has 62 heavy (non-hydrogen) atoms. The number of esters is 1. The molecule has 13 heteroatoms. The molecule has 3 N–H and O–H groups in total. The molecule has 2 saturated heterocycles. The van der Waals surface area contributed by atoms with Crippen LogP contribution in [0.5, 0.6) is 0 Å². The molecule has 1 amide bonds. The first-order valence-electron chi connectivity index (χ1n) is 23.4. The van der Waals surface area contributed by atoms with Crippen molar-refractivity contribution in [1.82, 2.24) is 4.90 Å². The van der Waals surface area contributed by atoms with Crippen molar-refractivity contribution in [3.05, 3.63) is 35.5 Å². The fourth-order valence-electron chi connectivity index (χ4n) is 10.1. The Morgan fingerprint density at radius 1 is 0.887 bits per heavy atom. The first kappa shape index (κ1) is 51.9. The van der Waals surface area contributed by atoms with E-state index < -0.39 is 83.9 Å². The molecule has 0 spiro atoms. The summed E-state index contributed by atoms with van der Waals surface area (Å²) in [5.41, 5.74) is 1.66. The Morgan fingerprint density at radius 2 is 1.58 bits per heavy atom. The van der Waals surface area contributed by atoms with Crippen molar-refractivity contribution in [3.8, 4) is 0 Å². The van der Waals surface area contributed by atoms with Crippen LogP contribution in [0.4, 0.5) is 0 Å². The summed E-state index contributed by atoms with van der Waals surface area (Å²) in [6, 6.07) is -1.14. The van der Waals surface area contributed by atoms with Crippen LogP contribution in [-0.2, 0) is 42.9 Å². The van der Waals surface area contributed by atoms with E-state index in [1.165, 1.54) is 12.0 Å². The molecule has 0 aromatic rings. The lowest BCUT2D eigenvalue weighted by Gasteiger charge is -2.47. The normalized spacial score (nSPS) is 38.8. The number of cyclic esters (lactones) is 1. The zero-order chi connectivity index (χ0) is 45.7. The number of amides is 1. The summed E-state index contributed by atoms with van der Waals surface area (Å²) < 4.78 is 30.0. The fourth-order valence-corrected chi connectivity index (χ4v) is 10.1. The van der Waals surface area contributed by atoms with E-state index in [0.717, 1.165) is 31.3 Å². The molecule has 3 fully saturated rings. The maximum atomic E-state index is 14.4. The molecule has 14 atom stereocenters. The number of fused-ring (bicyclic) bond motifs is 3. The highest BCUT2D eigenvalue weighted by Gasteiger charge is 2.56. The predicted molar refractivity (Wildman–Crippen MR) is 236 cm³/mol. The SMILES string of the molecule is CCCCC/C=C\C[C@@H]1/C=C(\C)C[C@H](C)C[C@H](OC)[C@H]2O[C@@](O)(C(=O)C(=O)N3CCCC[C@H]3C(=O)O[C@H](/C(C)=C/[C@@H]3CC[C@@H](O)[C@H](OC)C3)[C@H](C)[C@@H](O)CC1=O)[C@H](C)C[C@@H]2OC. The zero-order valence-electron chi connectivity index (χ0n) is 39.1. The minimum Gasteiger partial charge on any atom is -0.456 e. The van der Waals surface area contributed by atoms with E-state index in [-0.39, 0.29) is 49.5 Å². The van der Waals surface area contributed by atoms with E-state index in [4.69, 9.17) is 23.7 Å². The van der Waals surface area contributed by atoms with E-state index in [0.29, 0.717) is 56.9 Å². The van der Waals surface area contributed by atoms with Crippen molar-refractivity contribution in [2.45, 2.75) is 192 Å². The minimum absolute atomic E-state index is 0.00925. The number of ether oxygens (including phenoxy) is 5. The number of nitrogens with zero attached hydrogens (tertiary/aromatic N) is 1. The highest BCUT2D eigenvalue weighted by atomic mass is 16.7. The first-order chi connectivity index (χ1) is 29.5. The van der Waals surface area contributed by atoms with Crippen molar-refractivity contribution < 1.29 is 58.2 Å². The number of Topliss-reactive ketones (excluding diaryl/α,β-unsaturated/α-hetero) is 2. The highest BCUT2D eigenvalue weighted by molar-refractivity contribution is 6.39. The van der Waals surface area contributed by atoms with Gasteiger partial charge in [-0.2, -0.15) is 0 Å². The van der Waals surface area contributed by atoms with Gasteiger partial charge in [0.25, 0.3) is 11.7 Å². The van der Waals surface area contributed by atoms with Gasteiger partial charge in [0.05, 0.1) is 30.5 Å². The van der Waals surface area contributed by atoms with Crippen LogP contribution >= 0.6 is 0 Å². The number of aliphatic hydroxyl groups is 3. The summed E-state index contributed by atoms with van der Waals surface area (Å²) in [6.07, 6.45) is 12.0. The number of unbranched alkanes of at least 4 members (excludes halogenated alkanes) is 3. The molecule has 0 aromatic heterocycles. The van der Waals surface area contributed by atoms with E-state index >= 15 is 0 Å². The minimum atomic E-state index is -2.51. The Balaban J connectivity index is 1.78. The molecule has 13 nitrogen and oxygen atoms in total. The molecule has 4 aliphatic rings. The van der Waals surface area contributed by atoms with Crippen molar-refractivity contribution >= 4 is 23.4 Å². The summed E-state index contributed by atoms with van der Waals surface area (Å²) in [5, 5.41) is 34.5. The third-order valence-electron chi connectivity index (χ3n) is 14.0. The van der Waals surface area contributed by atoms with E-state index in [1.54, 1.807) is 28.1 Å². The van der Waals surface area contributed by atoms with Crippen molar-refractivity contribution in [2.75, 3.05) is 27.9 Å². The summed E-state index contributed by atoms with van der Waals surface area (Å²) in [7, 11) is 4.65. The van der Waals surface area contributed by atoms with Crippen LogP contribution in [0.3, 0.4) is 0 Å². The lowest BCUT2D eigenvalue weighted by Crippen LogP contribution is -2.64. The van der Waals surface area contributed by atoms with Gasteiger partial charge in [-0.25, -0.2) is 4.79 Å². The third kappa shape index (κ3) is 13.4. The molecule has 4 rings (SSSR count). The predicted octanol–water partition coefficient (Wildman–Crippen LogP) is 6.59. The maximum Gasteiger partial charge on any atom is 0.329 e. The molecule has 0 unspecified atom stereocenters. The highest BCUT2D eigenvalue weighted by Crippen LogP contribution is 2.39. The number of aliphatic hydroxyl groups excluding tert-OH is 2.